The highest BCUT2D eigenvalue weighted by atomic mass is 32.1. The molecule has 0 spiro atoms. The maximum atomic E-state index is 11.0. The average Bonchev–Trinajstić information content (AvgIpc) is 2.92. The Labute approximate surface area is 115 Å². The maximum absolute atomic E-state index is 11.0. The molecular formula is C14H15NO3S. The molecule has 2 N–H and O–H groups in total. The van der Waals surface area contributed by atoms with Gasteiger partial charge in [0.25, 0.3) is 0 Å². The molecule has 0 fully saturated rings. The van der Waals surface area contributed by atoms with Crippen molar-refractivity contribution in [2.75, 3.05) is 13.2 Å². The van der Waals surface area contributed by atoms with E-state index < -0.39 is 5.97 Å². The molecule has 0 aliphatic heterocycles. The fraction of sp³-hybridized carbons (Fsp3) is 0.214. The van der Waals surface area contributed by atoms with Gasteiger partial charge >= 0.3 is 5.97 Å². The second kappa shape index (κ2) is 6.92. The van der Waals surface area contributed by atoms with E-state index in [9.17, 15) is 4.79 Å². The molecule has 1 aromatic heterocycles. The van der Waals surface area contributed by atoms with Crippen LogP contribution in [0, 0.1) is 0 Å². The first-order valence-corrected chi connectivity index (χ1v) is 6.83. The van der Waals surface area contributed by atoms with Crippen molar-refractivity contribution in [1.29, 1.82) is 0 Å². The summed E-state index contributed by atoms with van der Waals surface area (Å²) in [5.74, 6) is -0.560. The van der Waals surface area contributed by atoms with Crippen LogP contribution in [0.25, 0.3) is 0 Å². The largest absolute Gasteiger partial charge is 0.491 e. The van der Waals surface area contributed by atoms with Crippen LogP contribution in [0.2, 0.25) is 0 Å². The number of hydrogen-bond donors (Lipinski definition) is 2. The summed E-state index contributed by atoms with van der Waals surface area (Å²) < 4.78 is 5.48. The molecule has 2 aromatic rings. The second-order valence-corrected chi connectivity index (χ2v) is 4.94. The van der Waals surface area contributed by atoms with E-state index in [1.165, 1.54) is 10.9 Å². The molecule has 0 saturated carbocycles. The molecule has 0 atom stereocenters. The summed E-state index contributed by atoms with van der Waals surface area (Å²) in [6, 6.07) is 10.7. The van der Waals surface area contributed by atoms with Crippen LogP contribution in [0.15, 0.2) is 41.8 Å². The fourth-order valence-corrected chi connectivity index (χ4v) is 2.30. The number of rotatable bonds is 7. The highest BCUT2D eigenvalue weighted by Crippen LogP contribution is 2.17. The fourth-order valence-electron chi connectivity index (χ4n) is 1.63. The van der Waals surface area contributed by atoms with Gasteiger partial charge in [-0.3, -0.25) is 0 Å². The Morgan fingerprint density at radius 3 is 2.84 bits per heavy atom. The van der Waals surface area contributed by atoms with Crippen molar-refractivity contribution >= 4 is 17.3 Å². The minimum atomic E-state index is -0.970. The number of ether oxygens (including phenoxy) is 1. The molecule has 0 aliphatic carbocycles. The van der Waals surface area contributed by atoms with E-state index in [4.69, 9.17) is 9.84 Å². The number of nitrogens with one attached hydrogen (secondary N) is 1. The number of para-hydroxylation sites is 1. The quantitative estimate of drug-likeness (QED) is 0.764. The van der Waals surface area contributed by atoms with Gasteiger partial charge in [0.1, 0.15) is 17.9 Å². The highest BCUT2D eigenvalue weighted by molar-refractivity contribution is 7.09. The number of aromatic carboxylic acids is 1. The molecule has 0 saturated heterocycles. The van der Waals surface area contributed by atoms with Crippen LogP contribution in [0.4, 0.5) is 0 Å². The Balaban J connectivity index is 1.75. The summed E-state index contributed by atoms with van der Waals surface area (Å²) >= 11 is 1.70. The molecule has 2 rings (SSSR count). The number of benzene rings is 1. The summed E-state index contributed by atoms with van der Waals surface area (Å²) in [4.78, 5) is 12.2. The van der Waals surface area contributed by atoms with Gasteiger partial charge in [0.2, 0.25) is 0 Å². The smallest absolute Gasteiger partial charge is 0.339 e. The summed E-state index contributed by atoms with van der Waals surface area (Å²) in [5, 5.41) is 14.3. The van der Waals surface area contributed by atoms with Gasteiger partial charge in [-0.05, 0) is 23.6 Å². The average molecular weight is 277 g/mol. The zero-order valence-electron chi connectivity index (χ0n) is 10.3. The molecule has 19 heavy (non-hydrogen) atoms. The van der Waals surface area contributed by atoms with Crippen molar-refractivity contribution in [2.45, 2.75) is 6.54 Å². The Hall–Kier alpha value is -1.85. The first-order valence-electron chi connectivity index (χ1n) is 5.95. The van der Waals surface area contributed by atoms with Crippen LogP contribution < -0.4 is 10.1 Å². The number of carbonyl (C=O) groups is 1. The van der Waals surface area contributed by atoms with E-state index >= 15 is 0 Å². The Morgan fingerprint density at radius 2 is 2.11 bits per heavy atom. The molecule has 4 nitrogen and oxygen atoms in total. The van der Waals surface area contributed by atoms with E-state index in [0.717, 1.165) is 6.54 Å². The predicted molar refractivity (Wildman–Crippen MR) is 74.9 cm³/mol. The monoisotopic (exact) mass is 277 g/mol. The zero-order chi connectivity index (χ0) is 13.5. The molecule has 100 valence electrons. The van der Waals surface area contributed by atoms with E-state index in [1.807, 2.05) is 11.4 Å². The summed E-state index contributed by atoms with van der Waals surface area (Å²) in [6.07, 6.45) is 0. The molecular weight excluding hydrogens is 262 g/mol. The molecule has 0 aliphatic rings. The summed E-state index contributed by atoms with van der Waals surface area (Å²) in [5.41, 5.74) is 0.195. The normalized spacial score (nSPS) is 10.3. The predicted octanol–water partition coefficient (Wildman–Crippen LogP) is 2.61. The molecule has 5 heteroatoms. The third-order valence-electron chi connectivity index (χ3n) is 2.53. The van der Waals surface area contributed by atoms with Gasteiger partial charge < -0.3 is 15.2 Å². The minimum Gasteiger partial charge on any atom is -0.491 e. The van der Waals surface area contributed by atoms with Crippen LogP contribution in [-0.4, -0.2) is 24.2 Å². The van der Waals surface area contributed by atoms with E-state index in [2.05, 4.69) is 11.4 Å². The molecule has 1 aromatic carbocycles. The standard InChI is InChI=1S/C14H15NO3S/c16-14(17)12-5-1-2-6-13(12)18-8-7-15-10-11-4-3-9-19-11/h1-6,9,15H,7-8,10H2,(H,16,17). The summed E-state index contributed by atoms with van der Waals surface area (Å²) in [7, 11) is 0. The van der Waals surface area contributed by atoms with Crippen LogP contribution in [0.3, 0.4) is 0 Å². The van der Waals surface area contributed by atoms with Crippen LogP contribution in [0.1, 0.15) is 15.2 Å². The number of thiophene rings is 1. The highest BCUT2D eigenvalue weighted by Gasteiger charge is 2.09. The van der Waals surface area contributed by atoms with Crippen molar-refractivity contribution in [3.8, 4) is 5.75 Å². The van der Waals surface area contributed by atoms with Crippen LogP contribution in [0.5, 0.6) is 5.75 Å². The number of carboxylic acids is 1. The molecule has 0 radical (unpaired) electrons. The van der Waals surface area contributed by atoms with Crippen molar-refractivity contribution < 1.29 is 14.6 Å². The molecule has 1 heterocycles. The van der Waals surface area contributed by atoms with Crippen molar-refractivity contribution in [1.82, 2.24) is 5.32 Å². The first-order chi connectivity index (χ1) is 9.27. The molecule has 0 bridgehead atoms. The lowest BCUT2D eigenvalue weighted by atomic mass is 10.2. The van der Waals surface area contributed by atoms with Gasteiger partial charge in [0.15, 0.2) is 0 Å². The third kappa shape index (κ3) is 4.08. The van der Waals surface area contributed by atoms with Gasteiger partial charge in [-0.1, -0.05) is 18.2 Å². The third-order valence-corrected chi connectivity index (χ3v) is 3.41. The second-order valence-electron chi connectivity index (χ2n) is 3.91. The van der Waals surface area contributed by atoms with Gasteiger partial charge in [0, 0.05) is 18.0 Å². The minimum absolute atomic E-state index is 0.195. The van der Waals surface area contributed by atoms with Gasteiger partial charge in [-0.2, -0.15) is 0 Å². The summed E-state index contributed by atoms with van der Waals surface area (Å²) in [6.45, 7) is 1.92. The van der Waals surface area contributed by atoms with Gasteiger partial charge in [-0.25, -0.2) is 4.79 Å². The van der Waals surface area contributed by atoms with Crippen molar-refractivity contribution in [3.05, 3.63) is 52.2 Å². The van der Waals surface area contributed by atoms with Gasteiger partial charge in [-0.15, -0.1) is 11.3 Å². The lowest BCUT2D eigenvalue weighted by molar-refractivity contribution is 0.0692. The molecule has 0 amide bonds. The SMILES string of the molecule is O=C(O)c1ccccc1OCCNCc1cccs1. The number of hydrogen-bond acceptors (Lipinski definition) is 4. The number of carboxylic acid groups (broad SMARTS) is 1. The Morgan fingerprint density at radius 1 is 1.26 bits per heavy atom. The maximum Gasteiger partial charge on any atom is 0.339 e. The lowest BCUT2D eigenvalue weighted by Crippen LogP contribution is -2.20. The topological polar surface area (TPSA) is 58.6 Å². The first kappa shape index (κ1) is 13.6. The Kier molecular flexibility index (Phi) is 4.94. The van der Waals surface area contributed by atoms with E-state index in [-0.39, 0.29) is 5.56 Å². The molecule has 0 unspecified atom stereocenters. The van der Waals surface area contributed by atoms with E-state index in [1.54, 1.807) is 29.5 Å². The van der Waals surface area contributed by atoms with Crippen LogP contribution in [-0.2, 0) is 6.54 Å². The van der Waals surface area contributed by atoms with Gasteiger partial charge in [0.05, 0.1) is 0 Å². The van der Waals surface area contributed by atoms with Crippen molar-refractivity contribution in [3.63, 3.8) is 0 Å². The lowest BCUT2D eigenvalue weighted by Gasteiger charge is -2.09. The van der Waals surface area contributed by atoms with Crippen molar-refractivity contribution in [2.24, 2.45) is 0 Å². The zero-order valence-corrected chi connectivity index (χ0v) is 11.2. The Bertz CT molecular complexity index is 525. The van der Waals surface area contributed by atoms with Crippen LogP contribution >= 0.6 is 11.3 Å². The van der Waals surface area contributed by atoms with E-state index in [0.29, 0.717) is 18.9 Å².